The number of benzene rings is 2. The summed E-state index contributed by atoms with van der Waals surface area (Å²) in [4.78, 5) is 15.3. The number of ether oxygens (including phenoxy) is 2. The van der Waals surface area contributed by atoms with Crippen molar-refractivity contribution in [1.82, 2.24) is 0 Å². The van der Waals surface area contributed by atoms with Crippen molar-refractivity contribution in [3.05, 3.63) is 84.2 Å². The monoisotopic (exact) mass is 672 g/mol. The Morgan fingerprint density at radius 2 is 1.34 bits per heavy atom. The highest BCUT2D eigenvalue weighted by Gasteiger charge is 2.20. The number of unbranched alkanes of at least 4 members (excludes halogenated alkanes) is 11. The normalized spacial score (nSPS) is 10.6. The number of aromatic nitrogens is 1. The molecule has 1 heterocycles. The lowest BCUT2D eigenvalue weighted by Gasteiger charge is -2.23. The lowest BCUT2D eigenvalue weighted by Crippen LogP contribution is -3.00. The van der Waals surface area contributed by atoms with E-state index in [0.29, 0.717) is 24.5 Å². The van der Waals surface area contributed by atoms with Crippen LogP contribution in [0, 0.1) is 0 Å². The molecule has 0 aliphatic heterocycles. The van der Waals surface area contributed by atoms with Gasteiger partial charge in [0.25, 0.3) is 5.91 Å². The van der Waals surface area contributed by atoms with Crippen LogP contribution >= 0.6 is 0 Å². The molecule has 3 aromatic rings. The average molecular weight is 673 g/mol. The third-order valence-corrected chi connectivity index (χ3v) is 7.36. The number of methoxy groups -OCH3 is 1. The van der Waals surface area contributed by atoms with Crippen LogP contribution in [0.2, 0.25) is 0 Å². The molecule has 224 valence electrons. The molecule has 0 unspecified atom stereocenters. The molecular weight excluding hydrogens is 623 g/mol. The Balaban J connectivity index is 0.00000588. The quantitative estimate of drug-likeness (QED) is 0.0968. The molecule has 1 aromatic heterocycles. The highest BCUT2D eigenvalue weighted by Crippen LogP contribution is 2.30. The van der Waals surface area contributed by atoms with Gasteiger partial charge in [-0.1, -0.05) is 102 Å². The van der Waals surface area contributed by atoms with Gasteiger partial charge in [0.1, 0.15) is 7.05 Å². The van der Waals surface area contributed by atoms with Gasteiger partial charge in [0.15, 0.2) is 23.9 Å². The van der Waals surface area contributed by atoms with Crippen molar-refractivity contribution in [3.63, 3.8) is 0 Å². The van der Waals surface area contributed by atoms with Gasteiger partial charge in [-0.3, -0.25) is 4.79 Å². The van der Waals surface area contributed by atoms with Crippen molar-refractivity contribution in [2.75, 3.05) is 18.6 Å². The molecule has 0 aliphatic rings. The summed E-state index contributed by atoms with van der Waals surface area (Å²) in [6.07, 6.45) is 19.7. The second kappa shape index (κ2) is 20.3. The number of para-hydroxylation sites is 1. The van der Waals surface area contributed by atoms with Crippen molar-refractivity contribution in [2.45, 2.75) is 90.5 Å². The van der Waals surface area contributed by atoms with Gasteiger partial charge in [0.05, 0.1) is 25.8 Å². The summed E-state index contributed by atoms with van der Waals surface area (Å²) >= 11 is 0. The number of amides is 1. The third-order valence-electron chi connectivity index (χ3n) is 7.36. The van der Waals surface area contributed by atoms with Gasteiger partial charge in [-0.25, -0.2) is 4.57 Å². The summed E-state index contributed by atoms with van der Waals surface area (Å²) in [5.74, 6) is 1.41. The van der Waals surface area contributed by atoms with Gasteiger partial charge in [-0.05, 0) is 36.2 Å². The van der Waals surface area contributed by atoms with Crippen LogP contribution in [0.3, 0.4) is 0 Å². The smallest absolute Gasteiger partial charge is 0.259 e. The second-order valence-corrected chi connectivity index (χ2v) is 10.7. The van der Waals surface area contributed by atoms with Gasteiger partial charge in [0, 0.05) is 17.8 Å². The molecule has 1 amide bonds. The molecule has 0 spiro atoms. The Kier molecular flexibility index (Phi) is 17.1. The Bertz CT molecular complexity index is 1120. The first-order chi connectivity index (χ1) is 19.6. The van der Waals surface area contributed by atoms with Crippen LogP contribution < -0.4 is 42.9 Å². The predicted octanol–water partition coefficient (Wildman–Crippen LogP) is 5.45. The molecule has 0 radical (unpaired) electrons. The minimum absolute atomic E-state index is 0. The van der Waals surface area contributed by atoms with Gasteiger partial charge in [0.2, 0.25) is 0 Å². The van der Waals surface area contributed by atoms with Crippen LogP contribution in [-0.4, -0.2) is 19.6 Å². The summed E-state index contributed by atoms with van der Waals surface area (Å²) in [5.41, 5.74) is 2.48. The summed E-state index contributed by atoms with van der Waals surface area (Å²) in [6, 6.07) is 19.5. The van der Waals surface area contributed by atoms with Crippen LogP contribution in [0.4, 0.5) is 5.69 Å². The first-order valence-electron chi connectivity index (χ1n) is 15.2. The van der Waals surface area contributed by atoms with E-state index in [1.807, 2.05) is 84.7 Å². The van der Waals surface area contributed by atoms with E-state index < -0.39 is 0 Å². The number of pyridine rings is 1. The minimum atomic E-state index is -0.0435. The molecule has 0 aliphatic carbocycles. The fourth-order valence-corrected chi connectivity index (χ4v) is 4.93. The molecule has 0 saturated carbocycles. The number of carbonyl (C=O) groups is 1. The Morgan fingerprint density at radius 1 is 0.756 bits per heavy atom. The molecule has 6 heteroatoms. The number of aryl methyl sites for hydroxylation is 1. The van der Waals surface area contributed by atoms with E-state index >= 15 is 0 Å². The number of nitrogens with zero attached hydrogens (tertiary/aromatic N) is 2. The number of carbonyl (C=O) groups excluding carboxylic acids is 1. The molecular formula is C35H49IN2O3. The molecule has 41 heavy (non-hydrogen) atoms. The zero-order valence-electron chi connectivity index (χ0n) is 25.3. The van der Waals surface area contributed by atoms with E-state index in [2.05, 4.69) is 6.92 Å². The van der Waals surface area contributed by atoms with Gasteiger partial charge in [-0.2, -0.15) is 0 Å². The van der Waals surface area contributed by atoms with Crippen LogP contribution in [0.15, 0.2) is 73.1 Å². The molecule has 0 bridgehead atoms. The highest BCUT2D eigenvalue weighted by atomic mass is 127. The zero-order valence-corrected chi connectivity index (χ0v) is 27.5. The van der Waals surface area contributed by atoms with Crippen LogP contribution in [-0.2, 0) is 13.6 Å². The SMILES string of the molecule is CCCCCCCCCCCCCCOc1ccc(CN(C(=O)c2cc[n+](C)cc2)c2ccccc2)cc1OC.[I-]. The number of rotatable bonds is 19. The van der Waals surface area contributed by atoms with Crippen molar-refractivity contribution < 1.29 is 42.8 Å². The van der Waals surface area contributed by atoms with Crippen molar-refractivity contribution in [2.24, 2.45) is 7.05 Å². The second-order valence-electron chi connectivity index (χ2n) is 10.7. The summed E-state index contributed by atoms with van der Waals surface area (Å²) in [7, 11) is 3.61. The predicted molar refractivity (Wildman–Crippen MR) is 164 cm³/mol. The first-order valence-corrected chi connectivity index (χ1v) is 15.2. The lowest BCUT2D eigenvalue weighted by atomic mass is 10.1. The molecule has 0 saturated heterocycles. The third kappa shape index (κ3) is 12.4. The number of hydrogen-bond donors (Lipinski definition) is 0. The van der Waals surface area contributed by atoms with Crippen molar-refractivity contribution >= 4 is 11.6 Å². The summed E-state index contributed by atoms with van der Waals surface area (Å²) in [5, 5.41) is 0. The lowest BCUT2D eigenvalue weighted by molar-refractivity contribution is -0.671. The van der Waals surface area contributed by atoms with E-state index in [1.54, 1.807) is 12.0 Å². The van der Waals surface area contributed by atoms with Crippen molar-refractivity contribution in [1.29, 1.82) is 0 Å². The topological polar surface area (TPSA) is 42.7 Å². The minimum Gasteiger partial charge on any atom is -1.00 e. The van der Waals surface area contributed by atoms with Gasteiger partial charge >= 0.3 is 0 Å². The zero-order chi connectivity index (χ0) is 28.4. The highest BCUT2D eigenvalue weighted by molar-refractivity contribution is 6.05. The number of halogens is 1. The summed E-state index contributed by atoms with van der Waals surface area (Å²) in [6.45, 7) is 3.39. The van der Waals surface area contributed by atoms with Crippen LogP contribution in [0.1, 0.15) is 99.9 Å². The van der Waals surface area contributed by atoms with E-state index in [4.69, 9.17) is 9.47 Å². The number of hydrogen-bond acceptors (Lipinski definition) is 3. The largest absolute Gasteiger partial charge is 1.00 e. The van der Waals surface area contributed by atoms with Crippen LogP contribution in [0.5, 0.6) is 11.5 Å². The molecule has 5 nitrogen and oxygen atoms in total. The molecule has 3 rings (SSSR count). The van der Waals surface area contributed by atoms with Gasteiger partial charge in [-0.15, -0.1) is 0 Å². The Labute approximate surface area is 265 Å². The van der Waals surface area contributed by atoms with E-state index in [0.717, 1.165) is 23.4 Å². The van der Waals surface area contributed by atoms with Gasteiger partial charge < -0.3 is 38.4 Å². The number of anilines is 1. The van der Waals surface area contributed by atoms with Crippen LogP contribution in [0.25, 0.3) is 0 Å². The summed E-state index contributed by atoms with van der Waals surface area (Å²) < 4.78 is 13.7. The fraction of sp³-hybridized carbons (Fsp3) is 0.486. The maximum atomic E-state index is 13.5. The van der Waals surface area contributed by atoms with E-state index in [1.165, 1.54) is 70.6 Å². The van der Waals surface area contributed by atoms with E-state index in [9.17, 15) is 4.79 Å². The first kappa shape index (κ1) is 34.6. The maximum absolute atomic E-state index is 13.5. The standard InChI is InChI=1S/C35H49N2O3.HI/c1-4-5-6-7-8-9-10-11-12-13-14-18-27-40-33-22-21-30(28-34(33)39-3)29-37(32-19-16-15-17-20-32)35(38)31-23-25-36(2)26-24-31;/h15-17,19-26,28H,4-14,18,27,29H2,1-3H3;1H/q+1;/p-1. The molecule has 0 fully saturated rings. The Hall–Kier alpha value is -2.61. The Morgan fingerprint density at radius 3 is 1.93 bits per heavy atom. The fourth-order valence-electron chi connectivity index (χ4n) is 4.93. The van der Waals surface area contributed by atoms with E-state index in [-0.39, 0.29) is 29.9 Å². The average Bonchev–Trinajstić information content (AvgIpc) is 2.99. The molecule has 0 N–H and O–H groups in total. The van der Waals surface area contributed by atoms with Crippen molar-refractivity contribution in [3.8, 4) is 11.5 Å². The molecule has 0 atom stereocenters. The molecule has 2 aromatic carbocycles. The maximum Gasteiger partial charge on any atom is 0.259 e.